The molecule has 0 saturated carbocycles. The van der Waals surface area contributed by atoms with Crippen molar-refractivity contribution in [2.45, 2.75) is 6.18 Å². The minimum atomic E-state index is -4.50. The molecule has 1 aromatic heterocycles. The third kappa shape index (κ3) is 4.43. The molecule has 0 radical (unpaired) electrons. The second kappa shape index (κ2) is 7.63. The number of carbonyl (C=O) groups excluding carboxylic acids is 1. The van der Waals surface area contributed by atoms with Crippen LogP contribution in [0.4, 0.5) is 27.6 Å². The summed E-state index contributed by atoms with van der Waals surface area (Å²) >= 11 is 0. The van der Waals surface area contributed by atoms with Gasteiger partial charge in [0.15, 0.2) is 0 Å². The van der Waals surface area contributed by atoms with Crippen LogP contribution in [0.15, 0.2) is 60.8 Å². The zero-order valence-electron chi connectivity index (χ0n) is 13.9. The molecule has 0 aliphatic heterocycles. The number of halogens is 5. The normalized spacial score (nSPS) is 11.2. The summed E-state index contributed by atoms with van der Waals surface area (Å²) in [6.07, 6.45) is -3.19. The summed E-state index contributed by atoms with van der Waals surface area (Å²) in [7, 11) is 0. The lowest BCUT2D eigenvalue weighted by molar-refractivity contribution is -0.137. The maximum atomic E-state index is 13.7. The van der Waals surface area contributed by atoms with E-state index in [1.54, 1.807) is 0 Å². The standard InChI is InChI=1S/C19H11F5N2O2/c20-12-5-8-15(21)16(10-12)26-17(27)14-2-1-9-25-18(14)28-13-6-3-11(4-7-13)19(22,23)24/h1-10H,(H,26,27). The molecule has 0 aliphatic carbocycles. The van der Waals surface area contributed by atoms with Crippen LogP contribution >= 0.6 is 0 Å². The molecule has 0 bridgehead atoms. The number of carbonyl (C=O) groups is 1. The lowest BCUT2D eigenvalue weighted by atomic mass is 10.2. The van der Waals surface area contributed by atoms with E-state index in [1.807, 2.05) is 0 Å². The summed E-state index contributed by atoms with van der Waals surface area (Å²) in [6.45, 7) is 0. The van der Waals surface area contributed by atoms with Crippen molar-refractivity contribution in [3.8, 4) is 11.6 Å². The largest absolute Gasteiger partial charge is 0.438 e. The summed E-state index contributed by atoms with van der Waals surface area (Å²) in [6, 6.07) is 9.08. The highest BCUT2D eigenvalue weighted by molar-refractivity contribution is 6.05. The van der Waals surface area contributed by atoms with Crippen molar-refractivity contribution in [1.29, 1.82) is 0 Å². The van der Waals surface area contributed by atoms with Crippen LogP contribution in [-0.2, 0) is 6.18 Å². The van der Waals surface area contributed by atoms with E-state index >= 15 is 0 Å². The summed E-state index contributed by atoms with van der Waals surface area (Å²) in [5, 5.41) is 2.20. The van der Waals surface area contributed by atoms with Crippen molar-refractivity contribution in [1.82, 2.24) is 4.98 Å². The van der Waals surface area contributed by atoms with E-state index in [-0.39, 0.29) is 22.9 Å². The zero-order valence-corrected chi connectivity index (χ0v) is 13.9. The number of hydrogen-bond acceptors (Lipinski definition) is 3. The highest BCUT2D eigenvalue weighted by Crippen LogP contribution is 2.31. The number of pyridine rings is 1. The Morgan fingerprint density at radius 3 is 2.39 bits per heavy atom. The van der Waals surface area contributed by atoms with E-state index in [2.05, 4.69) is 10.3 Å². The minimum absolute atomic E-state index is 0.0117. The quantitative estimate of drug-likeness (QED) is 0.601. The predicted molar refractivity (Wildman–Crippen MR) is 90.1 cm³/mol. The molecule has 0 aliphatic rings. The Kier molecular flexibility index (Phi) is 5.25. The number of ether oxygens (including phenoxy) is 1. The smallest absolute Gasteiger partial charge is 0.416 e. The van der Waals surface area contributed by atoms with Crippen LogP contribution in [0, 0.1) is 11.6 Å². The second-order valence-electron chi connectivity index (χ2n) is 5.56. The molecule has 4 nitrogen and oxygen atoms in total. The van der Waals surface area contributed by atoms with E-state index in [4.69, 9.17) is 4.74 Å². The van der Waals surface area contributed by atoms with Crippen molar-refractivity contribution >= 4 is 11.6 Å². The fourth-order valence-electron chi connectivity index (χ4n) is 2.25. The molecule has 9 heteroatoms. The molecular formula is C19H11F5N2O2. The second-order valence-corrected chi connectivity index (χ2v) is 5.56. The molecule has 3 rings (SSSR count). The molecule has 3 aromatic rings. The Morgan fingerprint density at radius 1 is 1.00 bits per heavy atom. The first-order valence-corrected chi connectivity index (χ1v) is 7.80. The van der Waals surface area contributed by atoms with Crippen LogP contribution in [0.25, 0.3) is 0 Å². The molecule has 1 N–H and O–H groups in total. The Hall–Kier alpha value is -3.49. The number of hydrogen-bond donors (Lipinski definition) is 1. The van der Waals surface area contributed by atoms with Crippen molar-refractivity contribution in [3.05, 3.63) is 83.6 Å². The van der Waals surface area contributed by atoms with Crippen molar-refractivity contribution in [3.63, 3.8) is 0 Å². The first-order valence-electron chi connectivity index (χ1n) is 7.80. The molecule has 0 unspecified atom stereocenters. The summed E-state index contributed by atoms with van der Waals surface area (Å²) < 4.78 is 70.2. The van der Waals surface area contributed by atoms with Gasteiger partial charge in [-0.2, -0.15) is 13.2 Å². The first kappa shape index (κ1) is 19.3. The maximum absolute atomic E-state index is 13.7. The number of anilines is 1. The monoisotopic (exact) mass is 394 g/mol. The van der Waals surface area contributed by atoms with Gasteiger partial charge in [-0.3, -0.25) is 4.79 Å². The molecule has 0 fully saturated rings. The highest BCUT2D eigenvalue weighted by Gasteiger charge is 2.30. The topological polar surface area (TPSA) is 51.2 Å². The van der Waals surface area contributed by atoms with Gasteiger partial charge in [0.2, 0.25) is 5.88 Å². The predicted octanol–water partition coefficient (Wildman–Crippen LogP) is 5.42. The average molecular weight is 394 g/mol. The van der Waals surface area contributed by atoms with Gasteiger partial charge in [0.25, 0.3) is 5.91 Å². The number of benzene rings is 2. The Bertz CT molecular complexity index is 1000. The average Bonchev–Trinajstić information content (AvgIpc) is 2.65. The molecule has 144 valence electrons. The Labute approximate surface area is 155 Å². The van der Waals surface area contributed by atoms with Crippen LogP contribution in [-0.4, -0.2) is 10.9 Å². The fourth-order valence-corrected chi connectivity index (χ4v) is 2.25. The number of nitrogens with one attached hydrogen (secondary N) is 1. The van der Waals surface area contributed by atoms with Gasteiger partial charge in [-0.15, -0.1) is 0 Å². The number of alkyl halides is 3. The lowest BCUT2D eigenvalue weighted by Gasteiger charge is -2.12. The van der Waals surface area contributed by atoms with Crippen molar-refractivity contribution in [2.75, 3.05) is 5.32 Å². The van der Waals surface area contributed by atoms with Gasteiger partial charge in [0.05, 0.1) is 11.3 Å². The molecule has 0 spiro atoms. The van der Waals surface area contributed by atoms with Crippen molar-refractivity contribution in [2.24, 2.45) is 0 Å². The Balaban J connectivity index is 1.83. The maximum Gasteiger partial charge on any atom is 0.416 e. The van der Waals surface area contributed by atoms with Gasteiger partial charge in [-0.1, -0.05) is 0 Å². The molecule has 1 amide bonds. The van der Waals surface area contributed by atoms with Crippen molar-refractivity contribution < 1.29 is 31.5 Å². The highest BCUT2D eigenvalue weighted by atomic mass is 19.4. The van der Waals surface area contributed by atoms with Crippen LogP contribution in [0.2, 0.25) is 0 Å². The lowest BCUT2D eigenvalue weighted by Crippen LogP contribution is -2.14. The van der Waals surface area contributed by atoms with Gasteiger partial charge in [0, 0.05) is 12.3 Å². The molecule has 1 heterocycles. The van der Waals surface area contributed by atoms with Gasteiger partial charge >= 0.3 is 6.18 Å². The summed E-state index contributed by atoms with van der Waals surface area (Å²) in [5.41, 5.74) is -1.36. The van der Waals surface area contributed by atoms with Crippen LogP contribution in [0.3, 0.4) is 0 Å². The van der Waals surface area contributed by atoms with Crippen LogP contribution in [0.1, 0.15) is 15.9 Å². The van der Waals surface area contributed by atoms with Gasteiger partial charge in [0.1, 0.15) is 22.9 Å². The third-order valence-electron chi connectivity index (χ3n) is 3.59. The van der Waals surface area contributed by atoms with Gasteiger partial charge < -0.3 is 10.1 Å². The minimum Gasteiger partial charge on any atom is -0.438 e. The number of nitrogens with zero attached hydrogens (tertiary/aromatic N) is 1. The molecular weight excluding hydrogens is 383 g/mol. The number of rotatable bonds is 4. The number of aromatic nitrogens is 1. The summed E-state index contributed by atoms with van der Waals surface area (Å²) in [5.74, 6) is -2.62. The SMILES string of the molecule is O=C(Nc1cc(F)ccc1F)c1cccnc1Oc1ccc(C(F)(F)F)cc1. The first-order chi connectivity index (χ1) is 13.2. The van der Waals surface area contributed by atoms with E-state index in [0.717, 1.165) is 42.5 Å². The molecule has 2 aromatic carbocycles. The zero-order chi connectivity index (χ0) is 20.3. The molecule has 0 atom stereocenters. The Morgan fingerprint density at radius 2 is 1.71 bits per heavy atom. The van der Waals surface area contributed by atoms with Gasteiger partial charge in [-0.05, 0) is 48.5 Å². The fraction of sp³-hybridized carbons (Fsp3) is 0.0526. The van der Waals surface area contributed by atoms with E-state index in [9.17, 15) is 26.7 Å². The summed E-state index contributed by atoms with van der Waals surface area (Å²) in [4.78, 5) is 16.3. The third-order valence-corrected chi connectivity index (χ3v) is 3.59. The molecule has 28 heavy (non-hydrogen) atoms. The van der Waals surface area contributed by atoms with Crippen LogP contribution in [0.5, 0.6) is 11.6 Å². The number of amides is 1. The van der Waals surface area contributed by atoms with E-state index in [1.165, 1.54) is 18.3 Å². The van der Waals surface area contributed by atoms with Gasteiger partial charge in [-0.25, -0.2) is 13.8 Å². The van der Waals surface area contributed by atoms with E-state index in [0.29, 0.717) is 0 Å². The van der Waals surface area contributed by atoms with E-state index < -0.39 is 29.3 Å². The van der Waals surface area contributed by atoms with Crippen LogP contribution < -0.4 is 10.1 Å². The molecule has 0 saturated heterocycles.